The first-order chi connectivity index (χ1) is 6.50. The Bertz CT molecular complexity index is 355. The Morgan fingerprint density at radius 3 is 2.71 bits per heavy atom. The van der Waals surface area contributed by atoms with Crippen LogP contribution in [0.2, 0.25) is 5.02 Å². The van der Waals surface area contributed by atoms with Crippen molar-refractivity contribution in [3.8, 4) is 0 Å². The third kappa shape index (κ3) is 2.86. The summed E-state index contributed by atoms with van der Waals surface area (Å²) >= 11 is 11.0. The van der Waals surface area contributed by atoms with Crippen LogP contribution in [0.15, 0.2) is 18.2 Å². The summed E-state index contributed by atoms with van der Waals surface area (Å²) in [6.45, 7) is 0. The van der Waals surface area contributed by atoms with E-state index in [1.165, 1.54) is 18.2 Å². The molecule has 1 rings (SSSR count). The van der Waals surface area contributed by atoms with Crippen LogP contribution in [-0.4, -0.2) is 16.5 Å². The molecule has 0 amide bonds. The van der Waals surface area contributed by atoms with Gasteiger partial charge < -0.3 is 5.11 Å². The molecule has 0 radical (unpaired) electrons. The number of carboxylic acid groups (broad SMARTS) is 1. The number of rotatable bonds is 3. The maximum Gasteiger partial charge on any atom is 0.321 e. The van der Waals surface area contributed by atoms with Gasteiger partial charge >= 0.3 is 5.97 Å². The minimum Gasteiger partial charge on any atom is -0.480 e. The summed E-state index contributed by atoms with van der Waals surface area (Å²) in [5.74, 6) is -1.64. The number of alkyl halides is 1. The molecule has 0 heterocycles. The number of carboxylic acids is 1. The molecule has 0 aliphatic carbocycles. The number of hydrogen-bond acceptors (Lipinski definition) is 1. The fourth-order valence-electron chi connectivity index (χ4n) is 0.961. The Balaban J connectivity index is 2.78. The van der Waals surface area contributed by atoms with Crippen molar-refractivity contribution in [2.24, 2.45) is 0 Å². The molecule has 0 saturated heterocycles. The Labute approximate surface area is 90.3 Å². The van der Waals surface area contributed by atoms with Crippen molar-refractivity contribution in [3.63, 3.8) is 0 Å². The molecule has 14 heavy (non-hydrogen) atoms. The van der Waals surface area contributed by atoms with E-state index in [1.54, 1.807) is 0 Å². The lowest BCUT2D eigenvalue weighted by molar-refractivity contribution is -0.136. The molecule has 1 aromatic carbocycles. The highest BCUT2D eigenvalue weighted by Gasteiger charge is 2.14. The zero-order chi connectivity index (χ0) is 10.7. The van der Waals surface area contributed by atoms with E-state index in [0.29, 0.717) is 5.56 Å². The summed E-state index contributed by atoms with van der Waals surface area (Å²) in [5.41, 5.74) is 0.596. The lowest BCUT2D eigenvalue weighted by Gasteiger charge is -2.04. The Hall–Kier alpha value is -0.800. The van der Waals surface area contributed by atoms with Crippen molar-refractivity contribution in [2.45, 2.75) is 11.8 Å². The van der Waals surface area contributed by atoms with E-state index < -0.39 is 17.2 Å². The van der Waals surface area contributed by atoms with Gasteiger partial charge in [0.1, 0.15) is 11.2 Å². The normalized spacial score (nSPS) is 12.5. The Kier molecular flexibility index (Phi) is 3.72. The van der Waals surface area contributed by atoms with E-state index in [4.69, 9.17) is 28.3 Å². The van der Waals surface area contributed by atoms with Gasteiger partial charge in [0.2, 0.25) is 0 Å². The maximum atomic E-state index is 12.7. The van der Waals surface area contributed by atoms with Crippen molar-refractivity contribution in [2.75, 3.05) is 0 Å². The van der Waals surface area contributed by atoms with Gasteiger partial charge in [0, 0.05) is 0 Å². The predicted octanol–water partition coefficient (Wildman–Crippen LogP) is 2.71. The summed E-state index contributed by atoms with van der Waals surface area (Å²) in [4.78, 5) is 10.4. The summed E-state index contributed by atoms with van der Waals surface area (Å²) in [6.07, 6.45) is 0.122. The molecule has 1 unspecified atom stereocenters. The summed E-state index contributed by atoms with van der Waals surface area (Å²) < 4.78 is 12.7. The summed E-state index contributed by atoms with van der Waals surface area (Å²) in [5, 5.41) is 7.48. The standard InChI is InChI=1S/C9H7Cl2FO2/c10-6-3-5(1-2-8(6)12)4-7(11)9(13)14/h1-3,7H,4H2,(H,13,14). The van der Waals surface area contributed by atoms with Crippen molar-refractivity contribution in [1.29, 1.82) is 0 Å². The Morgan fingerprint density at radius 2 is 2.21 bits per heavy atom. The fourth-order valence-corrected chi connectivity index (χ4v) is 1.34. The zero-order valence-electron chi connectivity index (χ0n) is 7.01. The molecule has 0 aromatic heterocycles. The van der Waals surface area contributed by atoms with Crippen LogP contribution >= 0.6 is 23.2 Å². The average Bonchev–Trinajstić information content (AvgIpc) is 2.11. The monoisotopic (exact) mass is 236 g/mol. The summed E-state index contributed by atoms with van der Waals surface area (Å²) in [6, 6.07) is 4.01. The first kappa shape index (κ1) is 11.3. The molecule has 2 nitrogen and oxygen atoms in total. The second-order valence-electron chi connectivity index (χ2n) is 2.76. The molecule has 0 bridgehead atoms. The van der Waals surface area contributed by atoms with Gasteiger partial charge in [-0.25, -0.2) is 4.39 Å². The lowest BCUT2D eigenvalue weighted by atomic mass is 10.1. The van der Waals surface area contributed by atoms with E-state index >= 15 is 0 Å². The van der Waals surface area contributed by atoms with E-state index in [-0.39, 0.29) is 11.4 Å². The Morgan fingerprint density at radius 1 is 1.57 bits per heavy atom. The molecule has 1 atom stereocenters. The van der Waals surface area contributed by atoms with Gasteiger partial charge in [-0.15, -0.1) is 11.6 Å². The molecule has 76 valence electrons. The molecule has 1 aromatic rings. The minimum absolute atomic E-state index is 0.0308. The number of aliphatic carboxylic acids is 1. The lowest BCUT2D eigenvalue weighted by Crippen LogP contribution is -2.15. The SMILES string of the molecule is O=C(O)C(Cl)Cc1ccc(F)c(Cl)c1. The van der Waals surface area contributed by atoms with Crippen LogP contribution in [0.3, 0.4) is 0 Å². The molecule has 0 aliphatic heterocycles. The van der Waals surface area contributed by atoms with Crippen LogP contribution in [0.25, 0.3) is 0 Å². The number of carbonyl (C=O) groups is 1. The highest BCUT2D eigenvalue weighted by atomic mass is 35.5. The summed E-state index contributed by atoms with van der Waals surface area (Å²) in [7, 11) is 0. The predicted molar refractivity (Wildman–Crippen MR) is 52.4 cm³/mol. The molecular formula is C9H7Cl2FO2. The van der Waals surface area contributed by atoms with Crippen molar-refractivity contribution < 1.29 is 14.3 Å². The first-order valence-corrected chi connectivity index (χ1v) is 4.63. The molecule has 5 heteroatoms. The van der Waals surface area contributed by atoms with Gasteiger partial charge in [0.25, 0.3) is 0 Å². The van der Waals surface area contributed by atoms with Crippen LogP contribution in [0.5, 0.6) is 0 Å². The first-order valence-electron chi connectivity index (χ1n) is 3.81. The molecule has 0 aliphatic rings. The highest BCUT2D eigenvalue weighted by Crippen LogP contribution is 2.18. The van der Waals surface area contributed by atoms with Crippen LogP contribution in [-0.2, 0) is 11.2 Å². The van der Waals surface area contributed by atoms with E-state index in [0.717, 1.165) is 0 Å². The number of benzene rings is 1. The molecule has 0 fully saturated rings. The van der Waals surface area contributed by atoms with E-state index in [1.807, 2.05) is 0 Å². The third-order valence-electron chi connectivity index (χ3n) is 1.67. The van der Waals surface area contributed by atoms with Gasteiger partial charge in [0.05, 0.1) is 5.02 Å². The largest absolute Gasteiger partial charge is 0.480 e. The van der Waals surface area contributed by atoms with E-state index in [9.17, 15) is 9.18 Å². The van der Waals surface area contributed by atoms with Crippen molar-refractivity contribution in [1.82, 2.24) is 0 Å². The van der Waals surface area contributed by atoms with Crippen molar-refractivity contribution in [3.05, 3.63) is 34.6 Å². The van der Waals surface area contributed by atoms with Crippen molar-refractivity contribution >= 4 is 29.2 Å². The van der Waals surface area contributed by atoms with Crippen LogP contribution < -0.4 is 0 Å². The second-order valence-corrected chi connectivity index (χ2v) is 3.69. The average molecular weight is 237 g/mol. The minimum atomic E-state index is -1.10. The van der Waals surface area contributed by atoms with Gasteiger partial charge in [-0.2, -0.15) is 0 Å². The van der Waals surface area contributed by atoms with Crippen LogP contribution in [0.4, 0.5) is 4.39 Å². The second kappa shape index (κ2) is 4.62. The topological polar surface area (TPSA) is 37.3 Å². The maximum absolute atomic E-state index is 12.7. The van der Waals surface area contributed by atoms with Gasteiger partial charge in [-0.1, -0.05) is 17.7 Å². The van der Waals surface area contributed by atoms with Gasteiger partial charge in [-0.05, 0) is 24.1 Å². The van der Waals surface area contributed by atoms with Gasteiger partial charge in [-0.3, -0.25) is 4.79 Å². The molecule has 1 N–H and O–H groups in total. The van der Waals surface area contributed by atoms with Crippen LogP contribution in [0.1, 0.15) is 5.56 Å². The smallest absolute Gasteiger partial charge is 0.321 e. The number of hydrogen-bond donors (Lipinski definition) is 1. The van der Waals surface area contributed by atoms with Crippen LogP contribution in [0, 0.1) is 5.82 Å². The zero-order valence-corrected chi connectivity index (χ0v) is 8.52. The van der Waals surface area contributed by atoms with Gasteiger partial charge in [0.15, 0.2) is 0 Å². The fraction of sp³-hybridized carbons (Fsp3) is 0.222. The molecule has 0 saturated carbocycles. The molecular weight excluding hydrogens is 230 g/mol. The molecule has 0 spiro atoms. The quantitative estimate of drug-likeness (QED) is 0.820. The number of halogens is 3. The van der Waals surface area contributed by atoms with E-state index in [2.05, 4.69) is 0 Å². The third-order valence-corrected chi connectivity index (χ3v) is 2.30. The highest BCUT2D eigenvalue weighted by molar-refractivity contribution is 6.31.